The predicted molar refractivity (Wildman–Crippen MR) is 82.6 cm³/mol. The summed E-state index contributed by atoms with van der Waals surface area (Å²) in [7, 11) is 0. The van der Waals surface area contributed by atoms with Crippen molar-refractivity contribution in [1.82, 2.24) is 15.4 Å². The number of rotatable bonds is 5. The van der Waals surface area contributed by atoms with Gasteiger partial charge in [0.05, 0.1) is 0 Å². The van der Waals surface area contributed by atoms with Crippen LogP contribution in [-0.2, 0) is 0 Å². The molecule has 2 N–H and O–H groups in total. The van der Waals surface area contributed by atoms with E-state index >= 15 is 0 Å². The molecule has 20 heavy (non-hydrogen) atoms. The number of hydrogen-bond donors (Lipinski definition) is 2. The van der Waals surface area contributed by atoms with Crippen LogP contribution in [-0.4, -0.2) is 28.0 Å². The lowest BCUT2D eigenvalue weighted by Gasteiger charge is -2.17. The predicted octanol–water partition coefficient (Wildman–Crippen LogP) is 3.40. The summed E-state index contributed by atoms with van der Waals surface area (Å²) in [5.41, 5.74) is 2.78. The Kier molecular flexibility index (Phi) is 4.98. The molecule has 0 aliphatic carbocycles. The minimum Gasteiger partial charge on any atom is -0.381 e. The summed E-state index contributed by atoms with van der Waals surface area (Å²) >= 11 is 11.8. The molecule has 0 saturated carbocycles. The first-order valence-corrected chi connectivity index (χ1v) is 6.93. The minimum atomic E-state index is 0.178. The molecule has 0 radical (unpaired) electrons. The maximum absolute atomic E-state index is 5.91. The largest absolute Gasteiger partial charge is 0.381 e. The van der Waals surface area contributed by atoms with Crippen LogP contribution >= 0.6 is 23.2 Å². The summed E-state index contributed by atoms with van der Waals surface area (Å²) in [4.78, 5) is 0. The molecule has 0 spiro atoms. The summed E-state index contributed by atoms with van der Waals surface area (Å²) in [6, 6.07) is 8.37. The highest BCUT2D eigenvalue weighted by Crippen LogP contribution is 2.24. The molecule has 1 atom stereocenters. The zero-order valence-corrected chi connectivity index (χ0v) is 12.7. The van der Waals surface area contributed by atoms with Crippen molar-refractivity contribution in [1.29, 1.82) is 0 Å². The van der Waals surface area contributed by atoms with Gasteiger partial charge in [-0.1, -0.05) is 35.3 Å². The molecule has 1 heterocycles. The number of nitrogens with one attached hydrogen (secondary N) is 2. The third kappa shape index (κ3) is 3.95. The fourth-order valence-corrected chi connectivity index (χ4v) is 2.19. The van der Waals surface area contributed by atoms with Gasteiger partial charge in [0.15, 0.2) is 10.3 Å². The van der Waals surface area contributed by atoms with Gasteiger partial charge in [-0.15, -0.1) is 10.2 Å². The average Bonchev–Trinajstić information content (AvgIpc) is 2.38. The zero-order valence-electron chi connectivity index (χ0n) is 11.2. The van der Waals surface area contributed by atoms with Crippen molar-refractivity contribution in [2.45, 2.75) is 19.9 Å². The fraction of sp³-hybridized carbons (Fsp3) is 0.308. The van der Waals surface area contributed by atoms with Crippen molar-refractivity contribution in [2.75, 3.05) is 17.2 Å². The summed E-state index contributed by atoms with van der Waals surface area (Å²) in [6.07, 6.45) is 0. The van der Waals surface area contributed by atoms with Crippen molar-refractivity contribution < 1.29 is 0 Å². The summed E-state index contributed by atoms with van der Waals surface area (Å²) in [6.45, 7) is 4.74. The minimum absolute atomic E-state index is 0.178. The van der Waals surface area contributed by atoms with Crippen LogP contribution in [0.5, 0.6) is 0 Å². The molecular formula is C13H15Cl2N5. The van der Waals surface area contributed by atoms with E-state index in [1.807, 2.05) is 12.1 Å². The lowest BCUT2D eigenvalue weighted by molar-refractivity contribution is 0.822. The summed E-state index contributed by atoms with van der Waals surface area (Å²) < 4.78 is 0. The van der Waals surface area contributed by atoms with Gasteiger partial charge < -0.3 is 10.6 Å². The Morgan fingerprint density at radius 3 is 2.55 bits per heavy atom. The van der Waals surface area contributed by atoms with Gasteiger partial charge in [0.2, 0.25) is 0 Å². The lowest BCUT2D eigenvalue weighted by Crippen LogP contribution is -2.25. The van der Waals surface area contributed by atoms with E-state index in [4.69, 9.17) is 23.2 Å². The zero-order chi connectivity index (χ0) is 14.5. The first-order valence-electron chi connectivity index (χ1n) is 6.17. The number of hydrogen-bond acceptors (Lipinski definition) is 5. The van der Waals surface area contributed by atoms with Crippen molar-refractivity contribution in [3.8, 4) is 0 Å². The van der Waals surface area contributed by atoms with Gasteiger partial charge in [0.25, 0.3) is 0 Å². The molecule has 2 rings (SSSR count). The maximum atomic E-state index is 5.91. The number of aryl methyl sites for hydroxylation is 1. The molecule has 1 aromatic carbocycles. The van der Waals surface area contributed by atoms with Gasteiger partial charge in [-0.05, 0) is 36.8 Å². The molecular weight excluding hydrogens is 297 g/mol. The molecule has 1 aromatic heterocycles. The number of aromatic nitrogens is 3. The quantitative estimate of drug-likeness (QED) is 0.886. The number of nitrogens with zero attached hydrogens (tertiary/aromatic N) is 3. The van der Waals surface area contributed by atoms with Crippen LogP contribution in [0.3, 0.4) is 0 Å². The van der Waals surface area contributed by atoms with Crippen molar-refractivity contribution in [3.63, 3.8) is 0 Å². The topological polar surface area (TPSA) is 62.7 Å². The van der Waals surface area contributed by atoms with E-state index in [0.29, 0.717) is 12.2 Å². The van der Waals surface area contributed by atoms with Crippen LogP contribution in [0, 0.1) is 6.92 Å². The Hall–Kier alpha value is -1.59. The van der Waals surface area contributed by atoms with E-state index in [2.05, 4.69) is 52.0 Å². The van der Waals surface area contributed by atoms with Crippen LogP contribution in [0.1, 0.15) is 12.5 Å². The Labute approximate surface area is 127 Å². The van der Waals surface area contributed by atoms with Gasteiger partial charge in [0.1, 0.15) is 5.69 Å². The summed E-state index contributed by atoms with van der Waals surface area (Å²) in [5.74, 6) is 0. The third-order valence-electron chi connectivity index (χ3n) is 2.69. The van der Waals surface area contributed by atoms with E-state index in [1.54, 1.807) is 0 Å². The molecule has 5 nitrogen and oxygen atoms in total. The summed E-state index contributed by atoms with van der Waals surface area (Å²) in [5, 5.41) is 17.7. The van der Waals surface area contributed by atoms with Gasteiger partial charge in [-0.2, -0.15) is 0 Å². The van der Waals surface area contributed by atoms with Gasteiger partial charge in [-0.25, -0.2) is 0 Å². The normalized spacial score (nSPS) is 12.0. The fourth-order valence-electron chi connectivity index (χ4n) is 1.76. The van der Waals surface area contributed by atoms with Gasteiger partial charge >= 0.3 is 0 Å². The average molecular weight is 312 g/mol. The smallest absolute Gasteiger partial charge is 0.179 e. The molecule has 1 unspecified atom stereocenters. The second-order valence-corrected chi connectivity index (χ2v) is 5.26. The van der Waals surface area contributed by atoms with Crippen LogP contribution in [0.4, 0.5) is 11.4 Å². The Balaban J connectivity index is 1.94. The van der Waals surface area contributed by atoms with Crippen molar-refractivity contribution in [3.05, 3.63) is 40.1 Å². The molecule has 0 amide bonds. The highest BCUT2D eigenvalue weighted by Gasteiger charge is 2.10. The number of halogens is 2. The van der Waals surface area contributed by atoms with E-state index in [1.165, 1.54) is 5.56 Å². The highest BCUT2D eigenvalue weighted by molar-refractivity contribution is 6.37. The standard InChI is InChI=1S/C13H15Cl2N5/c1-8-4-3-5-10(6-8)17-9(2)7-16-11-12(14)18-20-19-13(11)15/h3-6,9,17H,7H2,1-2H3,(H,16,20). The van der Waals surface area contributed by atoms with E-state index in [0.717, 1.165) is 5.69 Å². The number of benzene rings is 1. The molecule has 0 saturated heterocycles. The molecule has 0 fully saturated rings. The van der Waals surface area contributed by atoms with Crippen molar-refractivity contribution in [2.24, 2.45) is 0 Å². The Morgan fingerprint density at radius 1 is 1.20 bits per heavy atom. The first-order chi connectivity index (χ1) is 9.56. The molecule has 106 valence electrons. The molecule has 2 aromatic rings. The van der Waals surface area contributed by atoms with Crippen LogP contribution in [0.25, 0.3) is 0 Å². The third-order valence-corrected chi connectivity index (χ3v) is 3.22. The second kappa shape index (κ2) is 6.72. The number of anilines is 2. The molecule has 7 heteroatoms. The van der Waals surface area contributed by atoms with Crippen molar-refractivity contribution >= 4 is 34.6 Å². The SMILES string of the molecule is Cc1cccc(NC(C)CNc2c(Cl)nnnc2Cl)c1. The monoisotopic (exact) mass is 311 g/mol. The van der Waals surface area contributed by atoms with Crippen LogP contribution in [0.2, 0.25) is 10.3 Å². The van der Waals surface area contributed by atoms with Crippen LogP contribution < -0.4 is 10.6 Å². The first kappa shape index (κ1) is 14.8. The molecule has 0 bridgehead atoms. The maximum Gasteiger partial charge on any atom is 0.179 e. The highest BCUT2D eigenvalue weighted by atomic mass is 35.5. The van der Waals surface area contributed by atoms with E-state index in [-0.39, 0.29) is 16.3 Å². The molecule has 0 aliphatic heterocycles. The van der Waals surface area contributed by atoms with E-state index in [9.17, 15) is 0 Å². The van der Waals surface area contributed by atoms with E-state index < -0.39 is 0 Å². The molecule has 0 aliphatic rings. The van der Waals surface area contributed by atoms with Gasteiger partial charge in [-0.3, -0.25) is 0 Å². The van der Waals surface area contributed by atoms with Gasteiger partial charge in [0, 0.05) is 18.3 Å². The van der Waals surface area contributed by atoms with Crippen LogP contribution in [0.15, 0.2) is 24.3 Å². The Morgan fingerprint density at radius 2 is 1.90 bits per heavy atom. The lowest BCUT2D eigenvalue weighted by atomic mass is 10.2. The second-order valence-electron chi connectivity index (χ2n) is 4.54. The Bertz CT molecular complexity index is 570.